The number of nitrogens with zero attached hydrogens (tertiary/aromatic N) is 2. The molecule has 0 aliphatic heterocycles. The van der Waals surface area contributed by atoms with E-state index in [0.717, 1.165) is 83.5 Å². The monoisotopic (exact) mass is 1030 g/mol. The summed E-state index contributed by atoms with van der Waals surface area (Å²) in [6.07, 6.45) is 31.6. The third-order valence-electron chi connectivity index (χ3n) is 12.2. The van der Waals surface area contributed by atoms with Crippen LogP contribution >= 0.6 is 0 Å². The van der Waals surface area contributed by atoms with Gasteiger partial charge in [0.1, 0.15) is 19.0 Å². The van der Waals surface area contributed by atoms with Crippen LogP contribution < -0.4 is 0 Å². The molecular weight excluding hydrogens is 933 g/mol. The van der Waals surface area contributed by atoms with E-state index in [4.69, 9.17) is 28.4 Å². The van der Waals surface area contributed by atoms with Crippen molar-refractivity contribution in [1.29, 1.82) is 0 Å². The van der Waals surface area contributed by atoms with Crippen LogP contribution in [0.25, 0.3) is 0 Å². The Morgan fingerprint density at radius 2 is 1.09 bits per heavy atom. The maximum atomic E-state index is 14.1. The van der Waals surface area contributed by atoms with Crippen molar-refractivity contribution in [3.8, 4) is 35.5 Å². The molecular formula is C62H100N2O10. The molecule has 3 atom stereocenters. The molecule has 3 unspecified atom stereocenters. The second-order valence-corrected chi connectivity index (χ2v) is 19.3. The Morgan fingerprint density at radius 3 is 1.58 bits per heavy atom. The number of hydrogen-bond donors (Lipinski definition) is 0. The number of unbranched alkanes of at least 4 members (excludes halogenated alkanes) is 9. The molecule has 0 N–H and O–H groups in total. The molecule has 1 aliphatic rings. The Kier molecular flexibility index (Phi) is 45.5. The lowest BCUT2D eigenvalue weighted by molar-refractivity contribution is -0.155. The van der Waals surface area contributed by atoms with Crippen molar-refractivity contribution in [3.05, 3.63) is 36.5 Å². The van der Waals surface area contributed by atoms with Gasteiger partial charge in [0, 0.05) is 77.2 Å². The van der Waals surface area contributed by atoms with Gasteiger partial charge >= 0.3 is 11.9 Å². The van der Waals surface area contributed by atoms with Crippen molar-refractivity contribution in [2.75, 3.05) is 66.8 Å². The van der Waals surface area contributed by atoms with Crippen LogP contribution in [0.2, 0.25) is 0 Å². The average molecular weight is 1030 g/mol. The van der Waals surface area contributed by atoms with Gasteiger partial charge < -0.3 is 38.2 Å². The first-order valence-corrected chi connectivity index (χ1v) is 28.7. The van der Waals surface area contributed by atoms with Crippen LogP contribution in [0.3, 0.4) is 0 Å². The smallest absolute Gasteiger partial charge is 0.305 e. The molecule has 0 heterocycles. The Labute approximate surface area is 450 Å². The molecule has 0 radical (unpaired) electrons. The van der Waals surface area contributed by atoms with Crippen molar-refractivity contribution in [3.63, 3.8) is 0 Å². The van der Waals surface area contributed by atoms with Crippen LogP contribution in [0, 0.1) is 41.4 Å². The van der Waals surface area contributed by atoms with E-state index in [0.29, 0.717) is 116 Å². The summed E-state index contributed by atoms with van der Waals surface area (Å²) in [5.41, 5.74) is 0. The number of ether oxygens (including phenoxy) is 6. The van der Waals surface area contributed by atoms with E-state index in [1.165, 1.54) is 0 Å². The van der Waals surface area contributed by atoms with Crippen LogP contribution in [0.4, 0.5) is 0 Å². The minimum absolute atomic E-state index is 0.0207. The highest BCUT2D eigenvalue weighted by atomic mass is 16.7. The van der Waals surface area contributed by atoms with Gasteiger partial charge in [-0.3, -0.25) is 19.2 Å². The number of amides is 1. The first kappa shape index (κ1) is 67.8. The number of esters is 2. The zero-order valence-corrected chi connectivity index (χ0v) is 47.2. The van der Waals surface area contributed by atoms with E-state index in [1.807, 2.05) is 37.2 Å². The number of hydrogen-bond acceptors (Lipinski definition) is 11. The molecule has 0 saturated heterocycles. The summed E-state index contributed by atoms with van der Waals surface area (Å²) in [6, 6.07) is -0.731. The van der Waals surface area contributed by atoms with Gasteiger partial charge in [0.05, 0.1) is 32.5 Å². The molecule has 0 spiro atoms. The lowest BCUT2D eigenvalue weighted by Crippen LogP contribution is -2.47. The Morgan fingerprint density at radius 1 is 0.568 bits per heavy atom. The number of allylic oxidation sites excluding steroid dienone is 5. The second-order valence-electron chi connectivity index (χ2n) is 19.3. The fourth-order valence-corrected chi connectivity index (χ4v) is 7.68. The minimum Gasteiger partial charge on any atom is -0.463 e. The molecule has 0 fully saturated rings. The predicted octanol–water partition coefficient (Wildman–Crippen LogP) is 12.4. The van der Waals surface area contributed by atoms with Crippen molar-refractivity contribution >= 4 is 23.6 Å². The highest BCUT2D eigenvalue weighted by Crippen LogP contribution is 2.19. The number of carbonyl (C=O) groups is 4. The van der Waals surface area contributed by atoms with Gasteiger partial charge in [-0.25, -0.2) is 0 Å². The molecule has 12 nitrogen and oxygen atoms in total. The third kappa shape index (κ3) is 41.1. The summed E-state index contributed by atoms with van der Waals surface area (Å²) in [7, 11) is 3.93. The molecule has 418 valence electrons. The van der Waals surface area contributed by atoms with Gasteiger partial charge in [0.15, 0.2) is 12.6 Å². The number of Topliss-reactive ketones (excluding diaryl/α,β-unsaturated/α-hetero) is 1. The molecule has 0 aromatic rings. The quantitative estimate of drug-likeness (QED) is 0.0190. The summed E-state index contributed by atoms with van der Waals surface area (Å²) in [4.78, 5) is 57.5. The van der Waals surface area contributed by atoms with Gasteiger partial charge in [-0.05, 0) is 110 Å². The number of rotatable bonds is 45. The van der Waals surface area contributed by atoms with Crippen LogP contribution in [-0.4, -0.2) is 119 Å². The van der Waals surface area contributed by atoms with Crippen LogP contribution in [0.5, 0.6) is 0 Å². The fourth-order valence-electron chi connectivity index (χ4n) is 7.68. The summed E-state index contributed by atoms with van der Waals surface area (Å²) < 4.78 is 36.0. The standard InChI is InChI=1S/C62H100N2O10/c1-7-11-15-19-22-33-50-70-61(69-49-32-18-14-10-4)41-30-28-39-59(67)73-53-56(64(48-36-47-63(5)6)58(66)46-45-57(65)44-43-55-37-26-25-27-38-55)54-74-60(68)40-29-31-42-62(71-51-34-23-20-16-12-8-2)72-52-35-24-21-17-13-9-3/h18,25-27,32,37,55-56,61-62H,7-17,28-31,33-36,38-54H2,1-6H3/b32-18+. The van der Waals surface area contributed by atoms with E-state index < -0.39 is 30.6 Å². The Balaban J connectivity index is 3.02. The minimum atomic E-state index is -0.731. The molecule has 1 amide bonds. The molecule has 1 rings (SSSR count). The van der Waals surface area contributed by atoms with Gasteiger partial charge in [0.2, 0.25) is 5.91 Å². The summed E-state index contributed by atoms with van der Waals surface area (Å²) in [5.74, 6) is 18.5. The van der Waals surface area contributed by atoms with Crippen LogP contribution in [-0.2, 0) is 47.6 Å². The van der Waals surface area contributed by atoms with E-state index in [-0.39, 0.29) is 50.6 Å². The first-order valence-electron chi connectivity index (χ1n) is 28.7. The van der Waals surface area contributed by atoms with Gasteiger partial charge in [-0.2, -0.15) is 0 Å². The SMILES string of the molecule is CCC/C=C/COC(CCCCC(=O)OCC(COC(=O)CCCCC(OCCC#CCCCC)OCCC#CCCCC)N(CCCN(C)C)C(=O)CCC(=O)CCC1C=CC=CC1)OCCC#CCCCC. The lowest BCUT2D eigenvalue weighted by atomic mass is 9.94. The maximum absolute atomic E-state index is 14.1. The predicted molar refractivity (Wildman–Crippen MR) is 299 cm³/mol. The van der Waals surface area contributed by atoms with E-state index in [2.05, 4.69) is 81.4 Å². The Hall–Kier alpha value is -4.22. The highest BCUT2D eigenvalue weighted by Gasteiger charge is 2.27. The summed E-state index contributed by atoms with van der Waals surface area (Å²) in [5, 5.41) is 0. The zero-order valence-electron chi connectivity index (χ0n) is 47.2. The largest absolute Gasteiger partial charge is 0.463 e. The summed E-state index contributed by atoms with van der Waals surface area (Å²) >= 11 is 0. The van der Waals surface area contributed by atoms with E-state index in [1.54, 1.807) is 4.90 Å². The fraction of sp³-hybridized carbons (Fsp3) is 0.742. The van der Waals surface area contributed by atoms with Crippen LogP contribution in [0.1, 0.15) is 207 Å². The van der Waals surface area contributed by atoms with E-state index in [9.17, 15) is 19.2 Å². The van der Waals surface area contributed by atoms with Crippen molar-refractivity contribution in [2.24, 2.45) is 5.92 Å². The van der Waals surface area contributed by atoms with Crippen molar-refractivity contribution in [1.82, 2.24) is 9.80 Å². The number of ketones is 1. The third-order valence-corrected chi connectivity index (χ3v) is 12.2. The molecule has 0 bridgehead atoms. The normalized spacial score (nSPS) is 13.7. The molecule has 12 heteroatoms. The molecule has 0 saturated carbocycles. The van der Waals surface area contributed by atoms with Crippen molar-refractivity contribution < 1.29 is 47.6 Å². The number of carbonyl (C=O) groups excluding carboxylic acids is 4. The average Bonchev–Trinajstić information content (AvgIpc) is 3.40. The Bertz CT molecular complexity index is 1710. The van der Waals surface area contributed by atoms with Gasteiger partial charge in [-0.1, -0.05) is 89.8 Å². The molecule has 1 aliphatic carbocycles. The lowest BCUT2D eigenvalue weighted by Gasteiger charge is -2.32. The van der Waals surface area contributed by atoms with Gasteiger partial charge in [0.25, 0.3) is 0 Å². The second kappa shape index (κ2) is 49.6. The highest BCUT2D eigenvalue weighted by molar-refractivity contribution is 5.85. The molecule has 74 heavy (non-hydrogen) atoms. The molecule has 0 aromatic carbocycles. The first-order chi connectivity index (χ1) is 36.1. The topological polar surface area (TPSA) is 130 Å². The van der Waals surface area contributed by atoms with Crippen molar-refractivity contribution in [2.45, 2.75) is 226 Å². The van der Waals surface area contributed by atoms with E-state index >= 15 is 0 Å². The maximum Gasteiger partial charge on any atom is 0.305 e. The zero-order chi connectivity index (χ0) is 54.0. The van der Waals surface area contributed by atoms with Gasteiger partial charge in [-0.15, -0.1) is 35.5 Å². The molecule has 0 aromatic heterocycles. The summed E-state index contributed by atoms with van der Waals surface area (Å²) in [6.45, 7) is 11.2. The van der Waals surface area contributed by atoms with Crippen LogP contribution in [0.15, 0.2) is 36.5 Å².